The van der Waals surface area contributed by atoms with E-state index in [0.29, 0.717) is 45.2 Å². The first kappa shape index (κ1) is 29.0. The average Bonchev–Trinajstić information content (AvgIpc) is 3.48. The number of ether oxygens (including phenoxy) is 4. The van der Waals surface area contributed by atoms with E-state index < -0.39 is 5.97 Å². The molecule has 4 aromatic carbocycles. The fourth-order valence-corrected chi connectivity index (χ4v) is 5.46. The van der Waals surface area contributed by atoms with E-state index in [0.717, 1.165) is 28.1 Å². The van der Waals surface area contributed by atoms with Gasteiger partial charge < -0.3 is 28.5 Å². The fourth-order valence-electron chi connectivity index (χ4n) is 4.21. The molecule has 0 amide bonds. The molecule has 0 radical (unpaired) electrons. The van der Waals surface area contributed by atoms with Gasteiger partial charge in [0.1, 0.15) is 23.0 Å². The normalized spacial score (nSPS) is 11.4. The van der Waals surface area contributed by atoms with Crippen LogP contribution in [0.25, 0.3) is 28.3 Å². The van der Waals surface area contributed by atoms with Gasteiger partial charge in [-0.25, -0.2) is 4.79 Å². The van der Waals surface area contributed by atoms with Crippen LogP contribution in [0.4, 0.5) is 0 Å². The second kappa shape index (κ2) is 13.0. The Kier molecular flexibility index (Phi) is 8.99. The summed E-state index contributed by atoms with van der Waals surface area (Å²) in [6, 6.07) is 22.8. The maximum absolute atomic E-state index is 12.1. The van der Waals surface area contributed by atoms with Crippen LogP contribution in [0.3, 0.4) is 0 Å². The zero-order chi connectivity index (χ0) is 29.6. The molecule has 0 aliphatic heterocycles. The fraction of sp³-hybridized carbons (Fsp3) is 0.129. The number of halogens is 1. The number of nitrogens with zero attached hydrogens (tertiary/aromatic N) is 2. The Balaban J connectivity index is 1.38. The number of benzene rings is 4. The highest BCUT2D eigenvalue weighted by Gasteiger charge is 2.19. The van der Waals surface area contributed by atoms with Crippen LogP contribution in [0.15, 0.2) is 91.8 Å². The van der Waals surface area contributed by atoms with E-state index >= 15 is 0 Å². The smallest absolute Gasteiger partial charge is 0.342 e. The van der Waals surface area contributed by atoms with Crippen molar-refractivity contribution in [2.24, 2.45) is 0 Å². The number of fused-ring (bicyclic) bond motifs is 1. The lowest BCUT2D eigenvalue weighted by Crippen LogP contribution is -2.00. The minimum atomic E-state index is -1.16. The zero-order valence-corrected chi connectivity index (χ0v) is 25.2. The van der Waals surface area contributed by atoms with Crippen LogP contribution in [0.2, 0.25) is 0 Å². The van der Waals surface area contributed by atoms with Crippen molar-refractivity contribution in [1.29, 1.82) is 0 Å². The molecule has 0 atom stereocenters. The van der Waals surface area contributed by atoms with Gasteiger partial charge in [-0.3, -0.25) is 0 Å². The lowest BCUT2D eigenvalue weighted by atomic mass is 10.1. The number of rotatable bonds is 11. The van der Waals surface area contributed by atoms with Crippen molar-refractivity contribution in [2.75, 3.05) is 21.3 Å². The van der Waals surface area contributed by atoms with Crippen LogP contribution >= 0.6 is 27.7 Å². The van der Waals surface area contributed by atoms with Crippen LogP contribution in [-0.4, -0.2) is 42.6 Å². The summed E-state index contributed by atoms with van der Waals surface area (Å²) in [4.78, 5) is 12.1. The quantitative estimate of drug-likeness (QED) is 0.114. The third-order valence-electron chi connectivity index (χ3n) is 6.21. The van der Waals surface area contributed by atoms with Crippen LogP contribution in [0.1, 0.15) is 11.1 Å². The number of carbonyl (C=O) groups is 1. The number of hydrogen-bond acceptors (Lipinski definition) is 9. The molecule has 1 heterocycles. The summed E-state index contributed by atoms with van der Waals surface area (Å²) >= 11 is 4.39. The summed E-state index contributed by atoms with van der Waals surface area (Å²) in [6.07, 6.45) is 1.49. The number of hydrogen-bond donors (Lipinski definition) is 1. The van der Waals surface area contributed by atoms with Crippen LogP contribution in [0, 0.1) is 0 Å². The number of aliphatic carboxylic acids is 1. The van der Waals surface area contributed by atoms with E-state index in [1.807, 2.05) is 24.3 Å². The molecule has 0 saturated heterocycles. The first-order valence-corrected chi connectivity index (χ1v) is 14.2. The Labute approximate surface area is 254 Å². The minimum absolute atomic E-state index is 0.0354. The minimum Gasteiger partial charge on any atom is -0.497 e. The number of thioether (sulfide) groups is 1. The molecule has 1 N–H and O–H groups in total. The average molecular weight is 650 g/mol. The van der Waals surface area contributed by atoms with Gasteiger partial charge in [0.05, 0.1) is 25.8 Å². The van der Waals surface area contributed by atoms with E-state index in [-0.39, 0.29) is 16.0 Å². The maximum atomic E-state index is 12.1. The van der Waals surface area contributed by atoms with Gasteiger partial charge in [0.25, 0.3) is 5.22 Å². The summed E-state index contributed by atoms with van der Waals surface area (Å²) in [5.41, 5.74) is 2.17. The molecule has 0 aliphatic rings. The van der Waals surface area contributed by atoms with E-state index in [2.05, 4.69) is 44.3 Å². The SMILES string of the molecule is COc1cc(OC)cc(-c2nnc(S/C(=C\c3cc(Br)c(OCc4cccc5ccccc45)c(OC)c3)C(=O)O)o2)c1. The molecule has 1 aromatic heterocycles. The second-order valence-electron chi connectivity index (χ2n) is 8.85. The third-order valence-corrected chi connectivity index (χ3v) is 7.66. The predicted octanol–water partition coefficient (Wildman–Crippen LogP) is 7.47. The molecule has 5 rings (SSSR count). The van der Waals surface area contributed by atoms with Crippen LogP contribution < -0.4 is 18.9 Å². The van der Waals surface area contributed by atoms with Crippen molar-refractivity contribution in [1.82, 2.24) is 10.2 Å². The summed E-state index contributed by atoms with van der Waals surface area (Å²) in [5, 5.41) is 20.3. The molecule has 214 valence electrons. The van der Waals surface area contributed by atoms with Crippen LogP contribution in [-0.2, 0) is 11.4 Å². The van der Waals surface area contributed by atoms with E-state index in [1.165, 1.54) is 27.4 Å². The van der Waals surface area contributed by atoms with Gasteiger partial charge in [-0.05, 0) is 79.9 Å². The summed E-state index contributed by atoms with van der Waals surface area (Å²) < 4.78 is 28.7. The molecule has 0 bridgehead atoms. The molecule has 9 nitrogen and oxygen atoms in total. The largest absolute Gasteiger partial charge is 0.497 e. The highest BCUT2D eigenvalue weighted by molar-refractivity contribution is 9.10. The van der Waals surface area contributed by atoms with Crippen molar-refractivity contribution in [3.05, 3.63) is 93.3 Å². The molecule has 11 heteroatoms. The molecule has 0 fully saturated rings. The number of carboxylic acids is 1. The van der Waals surface area contributed by atoms with Crippen molar-refractivity contribution in [3.63, 3.8) is 0 Å². The Hall–Kier alpha value is -4.48. The molecule has 42 heavy (non-hydrogen) atoms. The van der Waals surface area contributed by atoms with E-state index in [4.69, 9.17) is 23.4 Å². The highest BCUT2D eigenvalue weighted by Crippen LogP contribution is 2.39. The lowest BCUT2D eigenvalue weighted by Gasteiger charge is -2.15. The van der Waals surface area contributed by atoms with Crippen LogP contribution in [0.5, 0.6) is 23.0 Å². The lowest BCUT2D eigenvalue weighted by molar-refractivity contribution is -0.131. The standard InChI is InChI=1S/C31H25BrN2O7S/c1-37-22-14-21(15-23(16-22)38-2)29-33-34-31(41-29)42-27(30(35)36)13-18-11-25(32)28(26(12-18)39-3)40-17-20-9-6-8-19-7-4-5-10-24(19)20/h4-16H,17H2,1-3H3,(H,35,36)/b27-13-. The predicted molar refractivity (Wildman–Crippen MR) is 163 cm³/mol. The first-order chi connectivity index (χ1) is 20.4. The van der Waals surface area contributed by atoms with Crippen molar-refractivity contribution in [2.45, 2.75) is 11.8 Å². The molecule has 0 aliphatic carbocycles. The van der Waals surface area contributed by atoms with Gasteiger partial charge in [0, 0.05) is 11.6 Å². The molecule has 0 spiro atoms. The zero-order valence-electron chi connectivity index (χ0n) is 22.8. The molecule has 0 saturated carbocycles. The van der Waals surface area contributed by atoms with Gasteiger partial charge in [-0.2, -0.15) is 0 Å². The van der Waals surface area contributed by atoms with Crippen molar-refractivity contribution >= 4 is 50.5 Å². The van der Waals surface area contributed by atoms with Gasteiger partial charge >= 0.3 is 5.97 Å². The Morgan fingerprint density at radius 3 is 2.40 bits per heavy atom. The number of methoxy groups -OCH3 is 3. The third kappa shape index (κ3) is 6.53. The molecular formula is C31H25BrN2O7S. The topological polar surface area (TPSA) is 113 Å². The summed E-state index contributed by atoms with van der Waals surface area (Å²) in [7, 11) is 4.60. The van der Waals surface area contributed by atoms with Crippen molar-refractivity contribution in [3.8, 4) is 34.5 Å². The summed E-state index contributed by atoms with van der Waals surface area (Å²) in [6.45, 7) is 0.320. The van der Waals surface area contributed by atoms with Gasteiger partial charge in [-0.15, -0.1) is 10.2 Å². The highest BCUT2D eigenvalue weighted by atomic mass is 79.9. The van der Waals surface area contributed by atoms with Crippen molar-refractivity contribution < 1.29 is 33.3 Å². The van der Waals surface area contributed by atoms with Gasteiger partial charge in [0.15, 0.2) is 11.5 Å². The first-order valence-electron chi connectivity index (χ1n) is 12.5. The maximum Gasteiger partial charge on any atom is 0.342 e. The Bertz CT molecular complexity index is 1760. The number of aromatic nitrogens is 2. The van der Waals surface area contributed by atoms with E-state index in [9.17, 15) is 9.90 Å². The number of carboxylic acid groups (broad SMARTS) is 1. The molecular weight excluding hydrogens is 624 g/mol. The molecule has 0 unspecified atom stereocenters. The Morgan fingerprint density at radius 2 is 1.69 bits per heavy atom. The van der Waals surface area contributed by atoms with Gasteiger partial charge in [0.2, 0.25) is 5.89 Å². The van der Waals surface area contributed by atoms with Gasteiger partial charge in [-0.1, -0.05) is 42.5 Å². The summed E-state index contributed by atoms with van der Waals surface area (Å²) in [5.74, 6) is 1.07. The Morgan fingerprint density at radius 1 is 0.952 bits per heavy atom. The monoisotopic (exact) mass is 648 g/mol. The molecule has 5 aromatic rings. The second-order valence-corrected chi connectivity index (χ2v) is 10.7. The van der Waals surface area contributed by atoms with E-state index in [1.54, 1.807) is 30.3 Å².